The van der Waals surface area contributed by atoms with E-state index in [9.17, 15) is 19.2 Å². The molecule has 170 valence electrons. The first-order valence-electron chi connectivity index (χ1n) is 10.1. The summed E-state index contributed by atoms with van der Waals surface area (Å²) in [7, 11) is 1.24. The fourth-order valence-electron chi connectivity index (χ4n) is 3.35. The highest BCUT2D eigenvalue weighted by atomic mass is 16.6. The first-order chi connectivity index (χ1) is 14.9. The number of likely N-dealkylation sites (tertiary alicyclic amines) is 1. The van der Waals surface area contributed by atoms with Crippen molar-refractivity contribution < 1.29 is 38.1 Å². The smallest absolute Gasteiger partial charge is 0.412 e. The molecule has 2 amide bonds. The lowest BCUT2D eigenvalue weighted by atomic mass is 9.91. The van der Waals surface area contributed by atoms with Crippen LogP contribution in [0.15, 0.2) is 24.3 Å². The Morgan fingerprint density at radius 2 is 1.81 bits per heavy atom. The highest BCUT2D eigenvalue weighted by Crippen LogP contribution is 2.40. The number of nitrogens with one attached hydrogen (secondary N) is 1. The van der Waals surface area contributed by atoms with Crippen LogP contribution in [-0.4, -0.2) is 62.3 Å². The standard InChI is InChI=1S/C21H28N2O8/c1-4-22-18(25)19(26)31-21(12-6-7-13-23(21)20(27)28-3)15-8-10-16(11-9-15)30-14-17(24)29-5-2/h8-11H,4-7,12-14H2,1-3H3,(H,22,25). The van der Waals surface area contributed by atoms with E-state index in [1.165, 1.54) is 12.0 Å². The van der Waals surface area contributed by atoms with E-state index >= 15 is 0 Å². The minimum Gasteiger partial charge on any atom is -0.482 e. The summed E-state index contributed by atoms with van der Waals surface area (Å²) in [5.74, 6) is -2.10. The Morgan fingerprint density at radius 1 is 1.10 bits per heavy atom. The Balaban J connectivity index is 2.33. The zero-order valence-corrected chi connectivity index (χ0v) is 18.0. The van der Waals surface area contributed by atoms with Gasteiger partial charge < -0.3 is 24.3 Å². The van der Waals surface area contributed by atoms with E-state index < -0.39 is 29.7 Å². The number of likely N-dealkylation sites (N-methyl/N-ethyl adjacent to an activating group) is 1. The highest BCUT2D eigenvalue weighted by Gasteiger charge is 2.48. The lowest BCUT2D eigenvalue weighted by Crippen LogP contribution is -2.56. The van der Waals surface area contributed by atoms with Crippen LogP contribution in [0.2, 0.25) is 0 Å². The monoisotopic (exact) mass is 436 g/mol. The molecule has 1 N–H and O–H groups in total. The normalized spacial score (nSPS) is 18.0. The zero-order chi connectivity index (χ0) is 22.9. The van der Waals surface area contributed by atoms with Gasteiger partial charge in [0.2, 0.25) is 5.72 Å². The van der Waals surface area contributed by atoms with E-state index in [1.807, 2.05) is 0 Å². The topological polar surface area (TPSA) is 120 Å². The molecular formula is C21H28N2O8. The lowest BCUT2D eigenvalue weighted by molar-refractivity contribution is -0.193. The van der Waals surface area contributed by atoms with E-state index in [0.29, 0.717) is 24.2 Å². The summed E-state index contributed by atoms with van der Waals surface area (Å²) in [6.07, 6.45) is 0.968. The van der Waals surface area contributed by atoms with E-state index in [0.717, 1.165) is 0 Å². The number of carbonyl (C=O) groups is 4. The predicted molar refractivity (Wildman–Crippen MR) is 108 cm³/mol. The first kappa shape index (κ1) is 24.0. The molecule has 1 unspecified atom stereocenters. The molecule has 1 atom stereocenters. The van der Waals surface area contributed by atoms with Crippen LogP contribution in [0.4, 0.5) is 4.79 Å². The van der Waals surface area contributed by atoms with Gasteiger partial charge in [-0.3, -0.25) is 9.69 Å². The van der Waals surface area contributed by atoms with E-state index in [2.05, 4.69) is 5.32 Å². The zero-order valence-electron chi connectivity index (χ0n) is 18.0. The predicted octanol–water partition coefficient (Wildman–Crippen LogP) is 1.71. The van der Waals surface area contributed by atoms with Gasteiger partial charge in [0.1, 0.15) is 5.75 Å². The molecule has 1 fully saturated rings. The van der Waals surface area contributed by atoms with Crippen LogP contribution in [0.25, 0.3) is 0 Å². The van der Waals surface area contributed by atoms with Crippen molar-refractivity contribution in [2.45, 2.75) is 38.8 Å². The molecule has 1 heterocycles. The van der Waals surface area contributed by atoms with Crippen LogP contribution in [0, 0.1) is 0 Å². The van der Waals surface area contributed by atoms with Crippen LogP contribution in [0.3, 0.4) is 0 Å². The molecule has 0 radical (unpaired) electrons. The van der Waals surface area contributed by atoms with Crippen molar-refractivity contribution in [2.75, 3.05) is 33.4 Å². The summed E-state index contributed by atoms with van der Waals surface area (Å²) < 4.78 is 20.7. The molecule has 0 aliphatic carbocycles. The minimum atomic E-state index is -1.51. The fraction of sp³-hybridized carbons (Fsp3) is 0.524. The van der Waals surface area contributed by atoms with Gasteiger partial charge in [-0.2, -0.15) is 0 Å². The second-order valence-electron chi connectivity index (χ2n) is 6.73. The van der Waals surface area contributed by atoms with Crippen LogP contribution in [-0.2, 0) is 34.3 Å². The number of ether oxygens (including phenoxy) is 4. The number of hydrogen-bond donors (Lipinski definition) is 1. The Labute approximate surface area is 180 Å². The van der Waals surface area contributed by atoms with Crippen LogP contribution < -0.4 is 10.1 Å². The summed E-state index contributed by atoms with van der Waals surface area (Å²) in [6.45, 7) is 3.93. The molecule has 0 bridgehead atoms. The fourth-order valence-corrected chi connectivity index (χ4v) is 3.35. The molecule has 0 aromatic heterocycles. The van der Waals surface area contributed by atoms with Crippen molar-refractivity contribution in [3.8, 4) is 5.75 Å². The van der Waals surface area contributed by atoms with Crippen LogP contribution in [0.5, 0.6) is 5.75 Å². The molecule has 10 nitrogen and oxygen atoms in total. The molecule has 10 heteroatoms. The summed E-state index contributed by atoms with van der Waals surface area (Å²) in [6, 6.07) is 6.40. The van der Waals surface area contributed by atoms with Gasteiger partial charge in [-0.25, -0.2) is 14.4 Å². The summed E-state index contributed by atoms with van der Waals surface area (Å²) in [5, 5.41) is 2.40. The Bertz CT molecular complexity index is 795. The third-order valence-corrected chi connectivity index (χ3v) is 4.73. The van der Waals surface area contributed by atoms with E-state index in [4.69, 9.17) is 18.9 Å². The van der Waals surface area contributed by atoms with Crippen LogP contribution in [0.1, 0.15) is 38.7 Å². The van der Waals surface area contributed by atoms with Crippen molar-refractivity contribution in [2.24, 2.45) is 0 Å². The number of amides is 2. The molecule has 31 heavy (non-hydrogen) atoms. The number of hydrogen-bond acceptors (Lipinski definition) is 8. The average molecular weight is 436 g/mol. The highest BCUT2D eigenvalue weighted by molar-refractivity contribution is 6.32. The average Bonchev–Trinajstić information content (AvgIpc) is 2.78. The van der Waals surface area contributed by atoms with Crippen molar-refractivity contribution >= 4 is 23.9 Å². The van der Waals surface area contributed by atoms with Gasteiger partial charge in [-0.15, -0.1) is 0 Å². The van der Waals surface area contributed by atoms with Crippen LogP contribution >= 0.6 is 0 Å². The molecule has 0 spiro atoms. The molecule has 1 aromatic carbocycles. The summed E-state index contributed by atoms with van der Waals surface area (Å²) in [5.41, 5.74) is -1.04. The third-order valence-electron chi connectivity index (χ3n) is 4.73. The number of rotatable bonds is 7. The SMILES string of the molecule is CCNC(=O)C(=O)OC1(c2ccc(OCC(=O)OCC)cc2)CCCCN1C(=O)OC. The number of benzene rings is 1. The number of esters is 2. The van der Waals surface area contributed by atoms with Crippen molar-refractivity contribution in [1.82, 2.24) is 10.2 Å². The van der Waals surface area contributed by atoms with Gasteiger partial charge in [-0.1, -0.05) is 0 Å². The van der Waals surface area contributed by atoms with Gasteiger partial charge in [-0.05, 0) is 51.0 Å². The molecule has 1 aliphatic rings. The van der Waals surface area contributed by atoms with Gasteiger partial charge in [0.15, 0.2) is 6.61 Å². The number of carbonyl (C=O) groups excluding carboxylic acids is 4. The maximum atomic E-state index is 12.5. The second kappa shape index (κ2) is 11.2. The van der Waals surface area contributed by atoms with E-state index in [1.54, 1.807) is 38.1 Å². The third kappa shape index (κ3) is 5.87. The molecule has 2 rings (SSSR count). The minimum absolute atomic E-state index is 0.251. The van der Waals surface area contributed by atoms with Crippen molar-refractivity contribution in [3.05, 3.63) is 29.8 Å². The quantitative estimate of drug-likeness (QED) is 0.390. The van der Waals surface area contributed by atoms with Gasteiger partial charge in [0.05, 0.1) is 13.7 Å². The van der Waals surface area contributed by atoms with Gasteiger partial charge >= 0.3 is 23.9 Å². The number of nitrogens with zero attached hydrogens (tertiary/aromatic N) is 1. The largest absolute Gasteiger partial charge is 0.482 e. The number of methoxy groups -OCH3 is 1. The lowest BCUT2D eigenvalue weighted by Gasteiger charge is -2.45. The molecule has 0 saturated carbocycles. The van der Waals surface area contributed by atoms with E-state index in [-0.39, 0.29) is 32.7 Å². The van der Waals surface area contributed by atoms with Gasteiger partial charge in [0.25, 0.3) is 0 Å². The van der Waals surface area contributed by atoms with Crippen molar-refractivity contribution in [1.29, 1.82) is 0 Å². The second-order valence-corrected chi connectivity index (χ2v) is 6.73. The first-order valence-corrected chi connectivity index (χ1v) is 10.1. The molecule has 1 saturated heterocycles. The maximum Gasteiger partial charge on any atom is 0.412 e. The summed E-state index contributed by atoms with van der Waals surface area (Å²) in [4.78, 5) is 49.7. The molecular weight excluding hydrogens is 408 g/mol. The summed E-state index contributed by atoms with van der Waals surface area (Å²) >= 11 is 0. The Kier molecular flexibility index (Phi) is 8.65. The number of piperidine rings is 1. The Hall–Kier alpha value is -3.30. The maximum absolute atomic E-state index is 12.5. The van der Waals surface area contributed by atoms with Gasteiger partial charge in [0, 0.05) is 25.1 Å². The van der Waals surface area contributed by atoms with Crippen molar-refractivity contribution in [3.63, 3.8) is 0 Å². The Morgan fingerprint density at radius 3 is 2.42 bits per heavy atom. The molecule has 1 aliphatic heterocycles. The molecule has 1 aromatic rings.